The van der Waals surface area contributed by atoms with E-state index in [0.29, 0.717) is 12.3 Å². The molecule has 1 aromatic heterocycles. The number of amides is 1. The van der Waals surface area contributed by atoms with Crippen LogP contribution >= 0.6 is 0 Å². The summed E-state index contributed by atoms with van der Waals surface area (Å²) in [5.41, 5.74) is 0.956. The molecule has 2 aromatic rings. The molecule has 3 rings (SSSR count). The first-order valence-electron chi connectivity index (χ1n) is 8.49. The molecule has 0 bridgehead atoms. The van der Waals surface area contributed by atoms with E-state index in [1.54, 1.807) is 13.1 Å². The number of hydrogen-bond acceptors (Lipinski definition) is 5. The number of hydrogen-bond donors (Lipinski definition) is 1. The van der Waals surface area contributed by atoms with Crippen molar-refractivity contribution < 1.29 is 14.3 Å². The van der Waals surface area contributed by atoms with Gasteiger partial charge >= 0.3 is 0 Å². The zero-order chi connectivity index (χ0) is 17.5. The number of morpholine rings is 1. The molecule has 2 heterocycles. The summed E-state index contributed by atoms with van der Waals surface area (Å²) in [5, 5.41) is 2.88. The zero-order valence-electron chi connectivity index (χ0n) is 14.4. The smallest absolute Gasteiger partial charge is 0.261 e. The molecule has 1 unspecified atom stereocenters. The third-order valence-corrected chi connectivity index (χ3v) is 4.04. The number of carbonyl (C=O) groups excluding carboxylic acids is 1. The van der Waals surface area contributed by atoms with Crippen molar-refractivity contribution in [2.45, 2.75) is 19.6 Å². The first kappa shape index (κ1) is 17.2. The first-order chi connectivity index (χ1) is 12.2. The Labute approximate surface area is 147 Å². The second kappa shape index (κ2) is 8.48. The molecule has 1 fully saturated rings. The van der Waals surface area contributed by atoms with E-state index < -0.39 is 6.10 Å². The topological polar surface area (TPSA) is 63.7 Å². The van der Waals surface area contributed by atoms with Crippen LogP contribution in [0.15, 0.2) is 48.7 Å². The Morgan fingerprint density at radius 2 is 2.00 bits per heavy atom. The van der Waals surface area contributed by atoms with Crippen LogP contribution in [0.2, 0.25) is 0 Å². The molecule has 0 saturated carbocycles. The summed E-state index contributed by atoms with van der Waals surface area (Å²) in [4.78, 5) is 18.8. The van der Waals surface area contributed by atoms with Gasteiger partial charge in [0.25, 0.3) is 5.91 Å². The van der Waals surface area contributed by atoms with Crippen LogP contribution in [-0.2, 0) is 16.1 Å². The summed E-state index contributed by atoms with van der Waals surface area (Å²) in [7, 11) is 0. The minimum Gasteiger partial charge on any atom is -0.481 e. The van der Waals surface area contributed by atoms with Crippen LogP contribution in [0.5, 0.6) is 5.75 Å². The van der Waals surface area contributed by atoms with Gasteiger partial charge in [-0.2, -0.15) is 0 Å². The highest BCUT2D eigenvalue weighted by molar-refractivity contribution is 5.80. The summed E-state index contributed by atoms with van der Waals surface area (Å²) in [6.07, 6.45) is 1.25. The summed E-state index contributed by atoms with van der Waals surface area (Å²) >= 11 is 0. The molecule has 1 aliphatic heterocycles. The predicted octanol–water partition coefficient (Wildman–Crippen LogP) is 2.00. The lowest BCUT2D eigenvalue weighted by Crippen LogP contribution is -2.37. The molecular formula is C19H23N3O3. The number of benzene rings is 1. The Hall–Kier alpha value is -2.60. The van der Waals surface area contributed by atoms with Crippen LogP contribution in [-0.4, -0.2) is 43.3 Å². The van der Waals surface area contributed by atoms with Gasteiger partial charge in [-0.25, -0.2) is 4.98 Å². The lowest BCUT2D eigenvalue weighted by molar-refractivity contribution is -0.127. The third kappa shape index (κ3) is 4.93. The number of nitrogens with zero attached hydrogens (tertiary/aromatic N) is 2. The second-order valence-electron chi connectivity index (χ2n) is 5.92. The van der Waals surface area contributed by atoms with Crippen LogP contribution in [0.25, 0.3) is 0 Å². The molecule has 132 valence electrons. The Bertz CT molecular complexity index is 670. The largest absolute Gasteiger partial charge is 0.481 e. The number of nitrogens with one attached hydrogen (secondary N) is 1. The molecule has 1 aliphatic rings. The molecule has 1 atom stereocenters. The minimum atomic E-state index is -0.553. The fourth-order valence-electron chi connectivity index (χ4n) is 2.59. The van der Waals surface area contributed by atoms with Crippen LogP contribution in [0.3, 0.4) is 0 Å². The number of anilines is 1. The number of rotatable bonds is 6. The van der Waals surface area contributed by atoms with Crippen molar-refractivity contribution in [3.05, 3.63) is 54.2 Å². The van der Waals surface area contributed by atoms with Crippen molar-refractivity contribution >= 4 is 11.7 Å². The number of pyridine rings is 1. The minimum absolute atomic E-state index is 0.152. The van der Waals surface area contributed by atoms with E-state index in [-0.39, 0.29) is 5.91 Å². The predicted molar refractivity (Wildman–Crippen MR) is 95.6 cm³/mol. The SMILES string of the molecule is CC(Oc1ccccc1)C(=O)NCc1ccc(N2CCOCC2)nc1. The summed E-state index contributed by atoms with van der Waals surface area (Å²) in [6.45, 7) is 5.35. The second-order valence-corrected chi connectivity index (χ2v) is 5.92. The summed E-state index contributed by atoms with van der Waals surface area (Å²) < 4.78 is 11.0. The van der Waals surface area contributed by atoms with E-state index in [4.69, 9.17) is 9.47 Å². The fraction of sp³-hybridized carbons (Fsp3) is 0.368. The van der Waals surface area contributed by atoms with Crippen molar-refractivity contribution in [1.29, 1.82) is 0 Å². The Morgan fingerprint density at radius 1 is 1.24 bits per heavy atom. The van der Waals surface area contributed by atoms with E-state index in [1.807, 2.05) is 42.5 Å². The first-order valence-corrected chi connectivity index (χ1v) is 8.49. The molecule has 1 N–H and O–H groups in total. The van der Waals surface area contributed by atoms with Gasteiger partial charge in [0.05, 0.1) is 13.2 Å². The molecule has 0 radical (unpaired) electrons. The lowest BCUT2D eigenvalue weighted by Gasteiger charge is -2.27. The van der Waals surface area contributed by atoms with Gasteiger partial charge in [-0.3, -0.25) is 4.79 Å². The quantitative estimate of drug-likeness (QED) is 0.871. The van der Waals surface area contributed by atoms with Gasteiger partial charge in [0.15, 0.2) is 6.10 Å². The van der Waals surface area contributed by atoms with Crippen LogP contribution in [0.4, 0.5) is 5.82 Å². The van der Waals surface area contributed by atoms with E-state index in [2.05, 4.69) is 15.2 Å². The van der Waals surface area contributed by atoms with Gasteiger partial charge in [0, 0.05) is 25.8 Å². The van der Waals surface area contributed by atoms with E-state index in [9.17, 15) is 4.79 Å². The van der Waals surface area contributed by atoms with Crippen LogP contribution < -0.4 is 15.0 Å². The maximum Gasteiger partial charge on any atom is 0.261 e. The maximum absolute atomic E-state index is 12.2. The van der Waals surface area contributed by atoms with Crippen molar-refractivity contribution in [2.75, 3.05) is 31.2 Å². The number of aromatic nitrogens is 1. The zero-order valence-corrected chi connectivity index (χ0v) is 14.4. The van der Waals surface area contributed by atoms with Crippen molar-refractivity contribution in [3.63, 3.8) is 0 Å². The highest BCUT2D eigenvalue weighted by atomic mass is 16.5. The van der Waals surface area contributed by atoms with E-state index in [0.717, 1.165) is 37.7 Å². The van der Waals surface area contributed by atoms with Crippen molar-refractivity contribution in [2.24, 2.45) is 0 Å². The molecule has 1 saturated heterocycles. The van der Waals surface area contributed by atoms with Crippen molar-refractivity contribution in [1.82, 2.24) is 10.3 Å². The maximum atomic E-state index is 12.2. The molecule has 1 aromatic carbocycles. The van der Waals surface area contributed by atoms with Crippen molar-refractivity contribution in [3.8, 4) is 5.75 Å². The molecule has 25 heavy (non-hydrogen) atoms. The highest BCUT2D eigenvalue weighted by Crippen LogP contribution is 2.13. The average Bonchev–Trinajstić information content (AvgIpc) is 2.68. The van der Waals surface area contributed by atoms with Gasteiger partial charge in [0.1, 0.15) is 11.6 Å². The Morgan fingerprint density at radius 3 is 2.68 bits per heavy atom. The third-order valence-electron chi connectivity index (χ3n) is 4.04. The molecule has 6 nitrogen and oxygen atoms in total. The number of ether oxygens (including phenoxy) is 2. The molecule has 0 aliphatic carbocycles. The highest BCUT2D eigenvalue weighted by Gasteiger charge is 2.15. The van der Waals surface area contributed by atoms with Gasteiger partial charge in [-0.15, -0.1) is 0 Å². The summed E-state index contributed by atoms with van der Waals surface area (Å²) in [6, 6.07) is 13.3. The van der Waals surface area contributed by atoms with E-state index in [1.165, 1.54) is 0 Å². The van der Waals surface area contributed by atoms with Gasteiger partial charge in [0.2, 0.25) is 0 Å². The fourth-order valence-corrected chi connectivity index (χ4v) is 2.59. The number of carbonyl (C=O) groups is 1. The summed E-state index contributed by atoms with van der Waals surface area (Å²) in [5.74, 6) is 1.47. The average molecular weight is 341 g/mol. The van der Waals surface area contributed by atoms with Gasteiger partial charge < -0.3 is 19.7 Å². The normalized spacial score (nSPS) is 15.5. The molecule has 1 amide bonds. The molecular weight excluding hydrogens is 318 g/mol. The van der Waals surface area contributed by atoms with Crippen LogP contribution in [0.1, 0.15) is 12.5 Å². The van der Waals surface area contributed by atoms with Gasteiger partial charge in [-0.1, -0.05) is 24.3 Å². The number of para-hydroxylation sites is 1. The van der Waals surface area contributed by atoms with Crippen LogP contribution in [0, 0.1) is 0 Å². The van der Waals surface area contributed by atoms with Gasteiger partial charge in [-0.05, 0) is 30.7 Å². The Balaban J connectivity index is 1.48. The molecule has 6 heteroatoms. The Kier molecular flexibility index (Phi) is 5.85. The van der Waals surface area contributed by atoms with E-state index >= 15 is 0 Å². The monoisotopic (exact) mass is 341 g/mol. The standard InChI is InChI=1S/C19H23N3O3/c1-15(25-17-5-3-2-4-6-17)19(23)21-14-16-7-8-18(20-13-16)22-9-11-24-12-10-22/h2-8,13,15H,9-12,14H2,1H3,(H,21,23). The molecule has 0 spiro atoms. The lowest BCUT2D eigenvalue weighted by atomic mass is 10.2.